The number of thioether (sulfide) groups is 1. The molecule has 4 amide bonds. The summed E-state index contributed by atoms with van der Waals surface area (Å²) < 4.78 is 0. The molecule has 42 heavy (non-hydrogen) atoms. The minimum atomic E-state index is -0.648. The third-order valence-electron chi connectivity index (χ3n) is 7.70. The number of carbonyl (C=O) groups is 3. The monoisotopic (exact) mass is 587 g/mol. The number of urea groups is 1. The van der Waals surface area contributed by atoms with Crippen LogP contribution in [0.4, 0.5) is 4.79 Å². The highest BCUT2D eigenvalue weighted by atomic mass is 32.2. The zero-order valence-corrected chi connectivity index (χ0v) is 25.5. The van der Waals surface area contributed by atoms with Crippen LogP contribution < -0.4 is 5.32 Å². The molecule has 3 atom stereocenters. The van der Waals surface area contributed by atoms with Gasteiger partial charge in [-0.05, 0) is 42.1 Å². The summed E-state index contributed by atoms with van der Waals surface area (Å²) >= 11 is 1.64. The van der Waals surface area contributed by atoms with Crippen molar-refractivity contribution in [1.29, 1.82) is 0 Å². The Morgan fingerprint density at radius 3 is 2.45 bits per heavy atom. The van der Waals surface area contributed by atoms with Crippen LogP contribution in [0.1, 0.15) is 30.4 Å². The van der Waals surface area contributed by atoms with E-state index in [1.165, 1.54) is 0 Å². The fourth-order valence-electron chi connectivity index (χ4n) is 5.58. The molecule has 8 nitrogen and oxygen atoms in total. The standard InChI is InChI=1S/C33H41N5O3S/c1-5-6-9-14-25(2)28(27-17-12-8-13-18-27)22-36-23-30-37(29(32(36)40)19-20-42-4)31(39)24-35(3)38(30)33(41)34-21-26-15-10-7-11-16-26/h5-18,28-30H,2,19-24H2,1,3-4H3,(H,34,41)/b6-5-,14-9-/t28?,29-,30-/m0/s1. The summed E-state index contributed by atoms with van der Waals surface area (Å²) in [7, 11) is 1.75. The van der Waals surface area contributed by atoms with Crippen molar-refractivity contribution >= 4 is 29.6 Å². The zero-order valence-electron chi connectivity index (χ0n) is 24.7. The van der Waals surface area contributed by atoms with Crippen LogP contribution in [0.3, 0.4) is 0 Å². The van der Waals surface area contributed by atoms with Gasteiger partial charge in [-0.3, -0.25) is 9.59 Å². The summed E-state index contributed by atoms with van der Waals surface area (Å²) in [5.74, 6) is 0.334. The number of nitrogens with one attached hydrogen (secondary N) is 1. The number of hydrazine groups is 1. The Balaban J connectivity index is 1.65. The lowest BCUT2D eigenvalue weighted by Crippen LogP contribution is -2.76. The summed E-state index contributed by atoms with van der Waals surface area (Å²) in [4.78, 5) is 44.6. The van der Waals surface area contributed by atoms with Gasteiger partial charge in [0.25, 0.3) is 0 Å². The molecule has 2 fully saturated rings. The smallest absolute Gasteiger partial charge is 0.334 e. The summed E-state index contributed by atoms with van der Waals surface area (Å²) in [5.41, 5.74) is 2.91. The second-order valence-electron chi connectivity index (χ2n) is 10.5. The molecule has 2 aliphatic rings. The Kier molecular flexibility index (Phi) is 11.0. The Labute approximate surface area is 253 Å². The molecule has 2 saturated heterocycles. The van der Waals surface area contributed by atoms with Gasteiger partial charge in [0.15, 0.2) is 0 Å². The maximum atomic E-state index is 14.1. The van der Waals surface area contributed by atoms with Gasteiger partial charge in [0.05, 0.1) is 13.1 Å². The minimum Gasteiger partial charge on any atom is -0.336 e. The Bertz CT molecular complexity index is 1300. The van der Waals surface area contributed by atoms with E-state index in [-0.39, 0.29) is 36.9 Å². The number of hydrogen-bond donors (Lipinski definition) is 1. The van der Waals surface area contributed by atoms with Gasteiger partial charge in [0, 0.05) is 26.1 Å². The third-order valence-corrected chi connectivity index (χ3v) is 8.34. The molecule has 0 aliphatic carbocycles. The zero-order chi connectivity index (χ0) is 30.1. The molecule has 4 rings (SSSR count). The molecule has 0 radical (unpaired) electrons. The molecule has 9 heteroatoms. The predicted octanol–water partition coefficient (Wildman–Crippen LogP) is 4.65. The van der Waals surface area contributed by atoms with Crippen LogP contribution in [0.15, 0.2) is 97.1 Å². The molecule has 0 spiro atoms. The van der Waals surface area contributed by atoms with E-state index in [1.807, 2.05) is 103 Å². The van der Waals surface area contributed by atoms with Crippen LogP contribution in [0.25, 0.3) is 0 Å². The molecule has 222 valence electrons. The van der Waals surface area contributed by atoms with Gasteiger partial charge >= 0.3 is 6.03 Å². The number of likely N-dealkylation sites (N-methyl/N-ethyl adjacent to an activating group) is 1. The molecule has 0 aromatic heterocycles. The number of nitrogens with zero attached hydrogens (tertiary/aromatic N) is 4. The van der Waals surface area contributed by atoms with Crippen molar-refractivity contribution in [3.63, 3.8) is 0 Å². The van der Waals surface area contributed by atoms with Crippen LogP contribution in [0.2, 0.25) is 0 Å². The highest BCUT2D eigenvalue weighted by Crippen LogP contribution is 2.32. The van der Waals surface area contributed by atoms with E-state index >= 15 is 0 Å². The first kappa shape index (κ1) is 31.1. The van der Waals surface area contributed by atoms with Crippen molar-refractivity contribution in [2.45, 2.75) is 38.0 Å². The van der Waals surface area contributed by atoms with Crippen LogP contribution in [-0.4, -0.2) is 88.6 Å². The lowest BCUT2D eigenvalue weighted by Gasteiger charge is -2.54. The van der Waals surface area contributed by atoms with Crippen LogP contribution in [-0.2, 0) is 16.1 Å². The molecule has 0 saturated carbocycles. The van der Waals surface area contributed by atoms with Gasteiger partial charge in [-0.2, -0.15) is 11.8 Å². The number of hydrogen-bond acceptors (Lipinski definition) is 5. The highest BCUT2D eigenvalue weighted by Gasteiger charge is 2.50. The molecule has 2 aromatic rings. The van der Waals surface area contributed by atoms with Crippen molar-refractivity contribution in [3.05, 3.63) is 108 Å². The molecule has 2 aromatic carbocycles. The average Bonchev–Trinajstić information content (AvgIpc) is 2.99. The van der Waals surface area contributed by atoms with Crippen LogP contribution >= 0.6 is 11.8 Å². The first-order valence-corrected chi connectivity index (χ1v) is 15.7. The van der Waals surface area contributed by atoms with Gasteiger partial charge in [-0.25, -0.2) is 14.8 Å². The van der Waals surface area contributed by atoms with E-state index < -0.39 is 12.2 Å². The number of rotatable bonds is 11. The van der Waals surface area contributed by atoms with Crippen molar-refractivity contribution in [1.82, 2.24) is 25.1 Å². The number of amides is 4. The summed E-state index contributed by atoms with van der Waals surface area (Å²) in [6.07, 6.45) is 9.71. The van der Waals surface area contributed by atoms with E-state index in [4.69, 9.17) is 0 Å². The SMILES string of the molecule is C=C(/C=C\C=C/C)C(CN1C[C@H]2N(C(=O)CN(C)N2C(=O)NCc2ccccc2)[C@@H](CCSC)C1=O)c1ccccc1. The summed E-state index contributed by atoms with van der Waals surface area (Å²) in [6, 6.07) is 18.8. The molecule has 2 heterocycles. The lowest BCUT2D eigenvalue weighted by molar-refractivity contribution is -0.187. The maximum Gasteiger partial charge on any atom is 0.334 e. The fourth-order valence-corrected chi connectivity index (χ4v) is 6.04. The Morgan fingerprint density at radius 2 is 1.79 bits per heavy atom. The number of allylic oxidation sites excluding steroid dienone is 4. The van der Waals surface area contributed by atoms with Gasteiger partial charge < -0.3 is 15.1 Å². The molecular formula is C33H41N5O3S. The number of benzene rings is 2. The number of fused-ring (bicyclic) bond motifs is 1. The van der Waals surface area contributed by atoms with E-state index in [1.54, 1.807) is 33.7 Å². The molecule has 1 unspecified atom stereocenters. The summed E-state index contributed by atoms with van der Waals surface area (Å²) in [6.45, 7) is 7.29. The average molecular weight is 588 g/mol. The van der Waals surface area contributed by atoms with E-state index in [9.17, 15) is 14.4 Å². The molecule has 1 N–H and O–H groups in total. The van der Waals surface area contributed by atoms with Crippen molar-refractivity contribution in [2.24, 2.45) is 0 Å². The second kappa shape index (κ2) is 14.9. The molecular weight excluding hydrogens is 546 g/mol. The quantitative estimate of drug-likeness (QED) is 0.388. The predicted molar refractivity (Wildman–Crippen MR) is 169 cm³/mol. The van der Waals surface area contributed by atoms with E-state index in [2.05, 4.69) is 11.9 Å². The second-order valence-corrected chi connectivity index (χ2v) is 11.5. The number of carbonyl (C=O) groups excluding carboxylic acids is 3. The fraction of sp³-hybridized carbons (Fsp3) is 0.364. The van der Waals surface area contributed by atoms with Gasteiger partial charge in [-0.1, -0.05) is 91.5 Å². The minimum absolute atomic E-state index is 0.0253. The van der Waals surface area contributed by atoms with Crippen molar-refractivity contribution < 1.29 is 14.4 Å². The lowest BCUT2D eigenvalue weighted by atomic mass is 9.90. The van der Waals surface area contributed by atoms with Crippen LogP contribution in [0, 0.1) is 0 Å². The van der Waals surface area contributed by atoms with Gasteiger partial charge in [0.1, 0.15) is 12.2 Å². The largest absolute Gasteiger partial charge is 0.336 e. The Hall–Kier alpha value is -3.82. The first-order chi connectivity index (χ1) is 20.3. The van der Waals surface area contributed by atoms with Gasteiger partial charge in [0.2, 0.25) is 11.8 Å². The Morgan fingerprint density at radius 1 is 1.10 bits per heavy atom. The molecule has 2 aliphatic heterocycles. The molecule has 0 bridgehead atoms. The third kappa shape index (κ3) is 7.33. The van der Waals surface area contributed by atoms with Crippen molar-refractivity contribution in [3.8, 4) is 0 Å². The van der Waals surface area contributed by atoms with E-state index in [0.717, 1.165) is 22.5 Å². The van der Waals surface area contributed by atoms with Crippen molar-refractivity contribution in [2.75, 3.05) is 38.7 Å². The van der Waals surface area contributed by atoms with E-state index in [0.29, 0.717) is 19.5 Å². The van der Waals surface area contributed by atoms with Gasteiger partial charge in [-0.15, -0.1) is 0 Å². The highest BCUT2D eigenvalue weighted by molar-refractivity contribution is 7.98. The maximum absolute atomic E-state index is 14.1. The normalized spacial score (nSPS) is 20.3. The first-order valence-electron chi connectivity index (χ1n) is 14.3. The van der Waals surface area contributed by atoms with Crippen LogP contribution in [0.5, 0.6) is 0 Å². The topological polar surface area (TPSA) is 76.2 Å². The summed E-state index contributed by atoms with van der Waals surface area (Å²) in [5, 5.41) is 6.28. The number of piperazine rings is 1.